The number of nitrogens with zero attached hydrogens (tertiary/aromatic N) is 2. The summed E-state index contributed by atoms with van der Waals surface area (Å²) in [4.78, 5) is 4.82. The molecule has 0 saturated heterocycles. The zero-order valence-electron chi connectivity index (χ0n) is 11.2. The summed E-state index contributed by atoms with van der Waals surface area (Å²) >= 11 is 6.10. The van der Waals surface area contributed by atoms with E-state index in [-0.39, 0.29) is 0 Å². The molecule has 0 bridgehead atoms. The Morgan fingerprint density at radius 3 is 2.76 bits per heavy atom. The summed E-state index contributed by atoms with van der Waals surface area (Å²) in [6, 6.07) is 18.8. The normalized spacial score (nSPS) is 12.8. The van der Waals surface area contributed by atoms with Gasteiger partial charge < -0.3 is 4.57 Å². The van der Waals surface area contributed by atoms with E-state index in [0.717, 1.165) is 28.4 Å². The second-order valence-corrected chi connectivity index (χ2v) is 5.91. The third-order valence-corrected chi connectivity index (χ3v) is 4.51. The summed E-state index contributed by atoms with van der Waals surface area (Å²) in [5.74, 6) is 1.04. The fourth-order valence-electron chi connectivity index (χ4n) is 3.38. The van der Waals surface area contributed by atoms with Gasteiger partial charge in [-0.15, -0.1) is 0 Å². The average molecular weight is 291 g/mol. The Kier molecular flexibility index (Phi) is 2.09. The lowest BCUT2D eigenvalue weighted by Gasteiger charge is -2.19. The van der Waals surface area contributed by atoms with Crippen LogP contribution in [0, 0.1) is 0 Å². The third kappa shape index (κ3) is 1.45. The summed E-state index contributed by atoms with van der Waals surface area (Å²) in [6.45, 7) is 0.863. The monoisotopic (exact) mass is 290 g/mol. The van der Waals surface area contributed by atoms with Gasteiger partial charge in [0.1, 0.15) is 5.82 Å². The summed E-state index contributed by atoms with van der Waals surface area (Å²) in [7, 11) is 0. The van der Waals surface area contributed by atoms with E-state index in [9.17, 15) is 0 Å². The van der Waals surface area contributed by atoms with Crippen LogP contribution in [0.5, 0.6) is 0 Å². The molecule has 0 unspecified atom stereocenters. The van der Waals surface area contributed by atoms with Gasteiger partial charge in [-0.2, -0.15) is 0 Å². The maximum atomic E-state index is 6.10. The Bertz CT molecular complexity index is 1020. The first-order valence-electron chi connectivity index (χ1n) is 6.98. The van der Waals surface area contributed by atoms with E-state index in [1.807, 2.05) is 12.1 Å². The molecule has 3 aromatic carbocycles. The number of imidazole rings is 1. The molecule has 1 aromatic heterocycles. The molecular formula is C18H11ClN2. The SMILES string of the molecule is Clc1ccc2c(c1)nc1n2Cc2cccc3cccc-1c23. The lowest BCUT2D eigenvalue weighted by atomic mass is 9.96. The Morgan fingerprint density at radius 2 is 1.86 bits per heavy atom. The van der Waals surface area contributed by atoms with Gasteiger partial charge in [-0.25, -0.2) is 4.98 Å². The molecular weight excluding hydrogens is 280 g/mol. The molecule has 0 fully saturated rings. The maximum absolute atomic E-state index is 6.10. The Hall–Kier alpha value is -2.32. The van der Waals surface area contributed by atoms with Gasteiger partial charge in [0, 0.05) is 10.6 Å². The highest BCUT2D eigenvalue weighted by molar-refractivity contribution is 6.31. The summed E-state index contributed by atoms with van der Waals surface area (Å²) in [5.41, 5.74) is 4.66. The van der Waals surface area contributed by atoms with E-state index in [4.69, 9.17) is 16.6 Å². The highest BCUT2D eigenvalue weighted by atomic mass is 35.5. The smallest absolute Gasteiger partial charge is 0.142 e. The number of rotatable bonds is 0. The molecule has 0 spiro atoms. The number of fused-ring (bicyclic) bond motifs is 4. The predicted molar refractivity (Wildman–Crippen MR) is 86.8 cm³/mol. The van der Waals surface area contributed by atoms with Gasteiger partial charge in [0.25, 0.3) is 0 Å². The largest absolute Gasteiger partial charge is 0.319 e. The number of halogens is 1. The van der Waals surface area contributed by atoms with Crippen molar-refractivity contribution < 1.29 is 0 Å². The molecule has 3 heteroatoms. The quantitative estimate of drug-likeness (QED) is 0.398. The number of hydrogen-bond acceptors (Lipinski definition) is 1. The minimum absolute atomic E-state index is 0.730. The number of benzene rings is 3. The zero-order chi connectivity index (χ0) is 14.0. The first-order chi connectivity index (χ1) is 10.3. The number of hydrogen-bond donors (Lipinski definition) is 0. The first-order valence-corrected chi connectivity index (χ1v) is 7.36. The molecule has 0 saturated carbocycles. The standard InChI is InChI=1S/C18H11ClN2/c19-13-7-8-16-15(9-13)20-18-14-6-2-4-11-3-1-5-12(17(11)14)10-21(16)18/h1-9H,10H2. The van der Waals surface area contributed by atoms with Crippen molar-refractivity contribution in [1.82, 2.24) is 9.55 Å². The van der Waals surface area contributed by atoms with Crippen LogP contribution in [0.2, 0.25) is 5.02 Å². The van der Waals surface area contributed by atoms with Crippen molar-refractivity contribution in [3.8, 4) is 11.4 Å². The van der Waals surface area contributed by atoms with Gasteiger partial charge in [-0.3, -0.25) is 0 Å². The molecule has 4 aromatic rings. The van der Waals surface area contributed by atoms with Crippen molar-refractivity contribution in [3.63, 3.8) is 0 Å². The topological polar surface area (TPSA) is 17.8 Å². The van der Waals surface area contributed by atoms with Gasteiger partial charge in [-0.05, 0) is 34.5 Å². The molecule has 0 amide bonds. The Morgan fingerprint density at radius 1 is 1.00 bits per heavy atom. The highest BCUT2D eigenvalue weighted by Gasteiger charge is 2.21. The van der Waals surface area contributed by atoms with Crippen molar-refractivity contribution in [2.75, 3.05) is 0 Å². The van der Waals surface area contributed by atoms with Crippen molar-refractivity contribution in [2.45, 2.75) is 6.54 Å². The van der Waals surface area contributed by atoms with Crippen LogP contribution in [-0.4, -0.2) is 9.55 Å². The minimum atomic E-state index is 0.730. The van der Waals surface area contributed by atoms with E-state index in [1.54, 1.807) is 0 Å². The summed E-state index contributed by atoms with van der Waals surface area (Å²) in [6.07, 6.45) is 0. The van der Waals surface area contributed by atoms with Crippen molar-refractivity contribution in [1.29, 1.82) is 0 Å². The van der Waals surface area contributed by atoms with E-state index < -0.39 is 0 Å². The van der Waals surface area contributed by atoms with Crippen LogP contribution in [0.4, 0.5) is 0 Å². The Labute approximate surface area is 126 Å². The second kappa shape index (κ2) is 3.86. The van der Waals surface area contributed by atoms with Crippen LogP contribution in [0.3, 0.4) is 0 Å². The molecule has 0 radical (unpaired) electrons. The fourth-order valence-corrected chi connectivity index (χ4v) is 3.54. The van der Waals surface area contributed by atoms with Gasteiger partial charge in [-0.1, -0.05) is 48.0 Å². The predicted octanol–water partition coefficient (Wildman–Crippen LogP) is 4.87. The Balaban J connectivity index is 1.96. The van der Waals surface area contributed by atoms with Crippen LogP contribution in [0.25, 0.3) is 33.2 Å². The second-order valence-electron chi connectivity index (χ2n) is 5.48. The third-order valence-electron chi connectivity index (χ3n) is 4.27. The molecule has 1 aliphatic heterocycles. The number of aromatic nitrogens is 2. The van der Waals surface area contributed by atoms with Gasteiger partial charge >= 0.3 is 0 Å². The van der Waals surface area contributed by atoms with Crippen molar-refractivity contribution in [2.24, 2.45) is 0 Å². The van der Waals surface area contributed by atoms with Gasteiger partial charge in [0.05, 0.1) is 17.6 Å². The average Bonchev–Trinajstić information content (AvgIpc) is 2.86. The molecule has 5 rings (SSSR count). The molecule has 2 nitrogen and oxygen atoms in total. The van der Waals surface area contributed by atoms with E-state index in [0.29, 0.717) is 0 Å². The molecule has 2 heterocycles. The van der Waals surface area contributed by atoms with Crippen molar-refractivity contribution >= 4 is 33.4 Å². The summed E-state index contributed by atoms with van der Waals surface area (Å²) in [5, 5.41) is 3.34. The molecule has 0 atom stereocenters. The molecule has 1 aliphatic rings. The van der Waals surface area contributed by atoms with Crippen LogP contribution in [0.1, 0.15) is 5.56 Å². The van der Waals surface area contributed by atoms with Crippen LogP contribution in [0.15, 0.2) is 54.6 Å². The van der Waals surface area contributed by atoms with Gasteiger partial charge in [0.2, 0.25) is 0 Å². The molecule has 0 aliphatic carbocycles. The molecule has 21 heavy (non-hydrogen) atoms. The molecule has 100 valence electrons. The van der Waals surface area contributed by atoms with E-state index in [2.05, 4.69) is 47.0 Å². The van der Waals surface area contributed by atoms with Crippen molar-refractivity contribution in [3.05, 3.63) is 65.2 Å². The van der Waals surface area contributed by atoms with E-state index >= 15 is 0 Å². The first kappa shape index (κ1) is 11.4. The van der Waals surface area contributed by atoms with Crippen LogP contribution >= 0.6 is 11.6 Å². The zero-order valence-corrected chi connectivity index (χ0v) is 11.9. The fraction of sp³-hybridized carbons (Fsp3) is 0.0556. The summed E-state index contributed by atoms with van der Waals surface area (Å²) < 4.78 is 2.28. The lowest BCUT2D eigenvalue weighted by molar-refractivity contribution is 0.831. The lowest BCUT2D eigenvalue weighted by Crippen LogP contribution is -2.08. The maximum Gasteiger partial charge on any atom is 0.142 e. The highest BCUT2D eigenvalue weighted by Crippen LogP contribution is 2.37. The molecule has 0 N–H and O–H groups in total. The van der Waals surface area contributed by atoms with E-state index in [1.165, 1.54) is 21.9 Å². The van der Waals surface area contributed by atoms with Crippen LogP contribution < -0.4 is 0 Å². The van der Waals surface area contributed by atoms with Crippen LogP contribution in [-0.2, 0) is 6.54 Å². The minimum Gasteiger partial charge on any atom is -0.319 e. The van der Waals surface area contributed by atoms with Gasteiger partial charge in [0.15, 0.2) is 0 Å².